The Balaban J connectivity index is 2.26. The van der Waals surface area contributed by atoms with E-state index in [-0.39, 0.29) is 0 Å². The normalized spacial score (nSPS) is 9.73. The van der Waals surface area contributed by atoms with Gasteiger partial charge in [0.15, 0.2) is 0 Å². The summed E-state index contributed by atoms with van der Waals surface area (Å²) in [6, 6.07) is 7.61. The number of ether oxygens (including phenoxy) is 1. The number of hydrogen-bond donors (Lipinski definition) is 1. The molecule has 1 aromatic carbocycles. The maximum Gasteiger partial charge on any atom is 0.431 e. The van der Waals surface area contributed by atoms with Crippen LogP contribution in [0.5, 0.6) is 0 Å². The molecular formula is C10H12BrNO3. The zero-order valence-electron chi connectivity index (χ0n) is 8.33. The molecule has 5 heteroatoms. The third kappa shape index (κ3) is 4.80. The molecule has 0 aliphatic rings. The molecule has 1 N–H and O–H groups in total. The van der Waals surface area contributed by atoms with E-state index in [0.29, 0.717) is 13.2 Å². The van der Waals surface area contributed by atoms with Crippen molar-refractivity contribution in [3.05, 3.63) is 34.3 Å². The molecule has 82 valence electrons. The Labute approximate surface area is 96.7 Å². The smallest absolute Gasteiger partial charge is 0.431 e. The van der Waals surface area contributed by atoms with E-state index in [9.17, 15) is 4.79 Å². The van der Waals surface area contributed by atoms with Crippen molar-refractivity contribution in [1.82, 2.24) is 5.48 Å². The minimum absolute atomic E-state index is 0.312. The number of hydroxylamine groups is 1. The van der Waals surface area contributed by atoms with Gasteiger partial charge in [0.1, 0.15) is 0 Å². The minimum atomic E-state index is -0.574. The van der Waals surface area contributed by atoms with Gasteiger partial charge in [0.05, 0.1) is 13.2 Å². The quantitative estimate of drug-likeness (QED) is 0.858. The van der Waals surface area contributed by atoms with Crippen LogP contribution in [-0.2, 0) is 16.2 Å². The van der Waals surface area contributed by atoms with Gasteiger partial charge < -0.3 is 4.74 Å². The van der Waals surface area contributed by atoms with Gasteiger partial charge in [-0.1, -0.05) is 28.1 Å². The number of hydrogen-bond acceptors (Lipinski definition) is 3. The highest BCUT2D eigenvalue weighted by Gasteiger charge is 1.99. The molecule has 0 spiro atoms. The Hall–Kier alpha value is -1.07. The van der Waals surface area contributed by atoms with E-state index in [2.05, 4.69) is 26.1 Å². The Morgan fingerprint density at radius 1 is 1.40 bits per heavy atom. The lowest BCUT2D eigenvalue weighted by Crippen LogP contribution is -2.24. The van der Waals surface area contributed by atoms with Gasteiger partial charge in [-0.3, -0.25) is 4.84 Å². The second kappa shape index (κ2) is 6.42. The van der Waals surface area contributed by atoms with Crippen LogP contribution >= 0.6 is 15.9 Å². The van der Waals surface area contributed by atoms with Crippen LogP contribution in [0.1, 0.15) is 12.5 Å². The highest BCUT2D eigenvalue weighted by molar-refractivity contribution is 9.10. The predicted molar refractivity (Wildman–Crippen MR) is 59.1 cm³/mol. The first-order chi connectivity index (χ1) is 7.22. The number of benzene rings is 1. The SMILES string of the molecule is CCOC(=O)NOCc1ccc(Br)cc1. The fraction of sp³-hybridized carbons (Fsp3) is 0.300. The lowest BCUT2D eigenvalue weighted by atomic mass is 10.2. The number of carbonyl (C=O) groups excluding carboxylic acids is 1. The summed E-state index contributed by atoms with van der Waals surface area (Å²) in [7, 11) is 0. The zero-order valence-corrected chi connectivity index (χ0v) is 9.91. The first-order valence-corrected chi connectivity index (χ1v) is 5.30. The van der Waals surface area contributed by atoms with E-state index >= 15 is 0 Å². The van der Waals surface area contributed by atoms with Crippen molar-refractivity contribution in [2.75, 3.05) is 6.61 Å². The van der Waals surface area contributed by atoms with Crippen LogP contribution < -0.4 is 5.48 Å². The molecule has 0 saturated carbocycles. The topological polar surface area (TPSA) is 47.6 Å². The van der Waals surface area contributed by atoms with Crippen molar-refractivity contribution < 1.29 is 14.4 Å². The molecule has 0 aliphatic carbocycles. The average molecular weight is 274 g/mol. The van der Waals surface area contributed by atoms with Crippen LogP contribution in [0.2, 0.25) is 0 Å². The molecule has 1 rings (SSSR count). The number of carbonyl (C=O) groups is 1. The van der Waals surface area contributed by atoms with Crippen LogP contribution in [0.4, 0.5) is 4.79 Å². The molecule has 0 radical (unpaired) electrons. The summed E-state index contributed by atoms with van der Waals surface area (Å²) < 4.78 is 5.62. The van der Waals surface area contributed by atoms with Gasteiger partial charge in [0.2, 0.25) is 0 Å². The third-order valence-corrected chi connectivity index (χ3v) is 2.11. The first kappa shape index (κ1) is 12.0. The zero-order chi connectivity index (χ0) is 11.1. The third-order valence-electron chi connectivity index (χ3n) is 1.58. The Bertz CT molecular complexity index is 313. The molecule has 0 saturated heterocycles. The summed E-state index contributed by atoms with van der Waals surface area (Å²) in [5, 5.41) is 0. The van der Waals surface area contributed by atoms with Crippen molar-refractivity contribution in [3.63, 3.8) is 0 Å². The molecule has 0 atom stereocenters. The highest BCUT2D eigenvalue weighted by Crippen LogP contribution is 2.10. The van der Waals surface area contributed by atoms with Crippen molar-refractivity contribution in [2.24, 2.45) is 0 Å². The molecule has 1 amide bonds. The predicted octanol–water partition coefficient (Wildman–Crippen LogP) is 2.63. The second-order valence-corrected chi connectivity index (χ2v) is 3.65. The fourth-order valence-corrected chi connectivity index (χ4v) is 1.18. The molecule has 0 bridgehead atoms. The van der Waals surface area contributed by atoms with Crippen molar-refractivity contribution in [2.45, 2.75) is 13.5 Å². The highest BCUT2D eigenvalue weighted by atomic mass is 79.9. The summed E-state index contributed by atoms with van der Waals surface area (Å²) in [5.74, 6) is 0. The van der Waals surface area contributed by atoms with E-state index in [1.807, 2.05) is 24.3 Å². The van der Waals surface area contributed by atoms with E-state index in [1.165, 1.54) is 0 Å². The monoisotopic (exact) mass is 273 g/mol. The number of halogens is 1. The van der Waals surface area contributed by atoms with E-state index in [4.69, 9.17) is 4.84 Å². The van der Waals surface area contributed by atoms with E-state index < -0.39 is 6.09 Å². The Kier molecular flexibility index (Phi) is 5.14. The first-order valence-electron chi connectivity index (χ1n) is 4.51. The molecule has 0 heterocycles. The van der Waals surface area contributed by atoms with Gasteiger partial charge in [0.25, 0.3) is 0 Å². The molecular weight excluding hydrogens is 262 g/mol. The van der Waals surface area contributed by atoms with Crippen LogP contribution in [0.3, 0.4) is 0 Å². The number of rotatable bonds is 4. The molecule has 0 unspecified atom stereocenters. The van der Waals surface area contributed by atoms with E-state index in [0.717, 1.165) is 10.0 Å². The number of nitrogens with one attached hydrogen (secondary N) is 1. The fourth-order valence-electron chi connectivity index (χ4n) is 0.920. The van der Waals surface area contributed by atoms with Crippen LogP contribution in [0.15, 0.2) is 28.7 Å². The largest absolute Gasteiger partial charge is 0.448 e. The van der Waals surface area contributed by atoms with Crippen molar-refractivity contribution >= 4 is 22.0 Å². The van der Waals surface area contributed by atoms with Gasteiger partial charge in [-0.05, 0) is 24.6 Å². The van der Waals surface area contributed by atoms with Gasteiger partial charge in [-0.15, -0.1) is 0 Å². The molecule has 1 aromatic rings. The maximum absolute atomic E-state index is 10.8. The standard InChI is InChI=1S/C10H12BrNO3/c1-2-14-10(13)12-15-7-8-3-5-9(11)6-4-8/h3-6H,2,7H2,1H3,(H,12,13). The van der Waals surface area contributed by atoms with Crippen molar-refractivity contribution in [3.8, 4) is 0 Å². The lowest BCUT2D eigenvalue weighted by molar-refractivity contribution is 0.0199. The van der Waals surface area contributed by atoms with Gasteiger partial charge >= 0.3 is 6.09 Å². The summed E-state index contributed by atoms with van der Waals surface area (Å²) in [6.07, 6.45) is -0.574. The molecule has 15 heavy (non-hydrogen) atoms. The summed E-state index contributed by atoms with van der Waals surface area (Å²) in [4.78, 5) is 15.8. The minimum Gasteiger partial charge on any atom is -0.448 e. The Morgan fingerprint density at radius 3 is 2.67 bits per heavy atom. The van der Waals surface area contributed by atoms with Crippen molar-refractivity contribution in [1.29, 1.82) is 0 Å². The molecule has 0 fully saturated rings. The van der Waals surface area contributed by atoms with Gasteiger partial charge in [0, 0.05) is 4.47 Å². The van der Waals surface area contributed by atoms with Gasteiger partial charge in [-0.2, -0.15) is 5.48 Å². The summed E-state index contributed by atoms with van der Waals surface area (Å²) in [6.45, 7) is 2.37. The van der Waals surface area contributed by atoms with Gasteiger partial charge in [-0.25, -0.2) is 4.79 Å². The number of amides is 1. The average Bonchev–Trinajstić information content (AvgIpc) is 2.21. The second-order valence-electron chi connectivity index (χ2n) is 2.74. The molecule has 0 aliphatic heterocycles. The van der Waals surface area contributed by atoms with Crippen LogP contribution in [0, 0.1) is 0 Å². The summed E-state index contributed by atoms with van der Waals surface area (Å²) in [5.41, 5.74) is 3.14. The van der Waals surface area contributed by atoms with E-state index in [1.54, 1.807) is 6.92 Å². The Morgan fingerprint density at radius 2 is 2.07 bits per heavy atom. The van der Waals surface area contributed by atoms with Crippen LogP contribution in [0.25, 0.3) is 0 Å². The maximum atomic E-state index is 10.8. The van der Waals surface area contributed by atoms with Crippen LogP contribution in [-0.4, -0.2) is 12.7 Å². The summed E-state index contributed by atoms with van der Waals surface area (Å²) >= 11 is 3.33. The molecule has 4 nitrogen and oxygen atoms in total. The lowest BCUT2D eigenvalue weighted by Gasteiger charge is -2.05. The molecule has 0 aromatic heterocycles.